The molecule has 0 unspecified atom stereocenters. The van der Waals surface area contributed by atoms with Crippen LogP contribution in [-0.2, 0) is 0 Å². The zero-order valence-electron chi connectivity index (χ0n) is 8.76. The summed E-state index contributed by atoms with van der Waals surface area (Å²) in [6.45, 7) is 0.643. The zero-order valence-corrected chi connectivity index (χ0v) is 8.76. The number of benzene rings is 1. The van der Waals surface area contributed by atoms with Crippen LogP contribution in [-0.4, -0.2) is 11.6 Å². The van der Waals surface area contributed by atoms with Crippen LogP contribution >= 0.6 is 0 Å². The van der Waals surface area contributed by atoms with Crippen LogP contribution in [0, 0.1) is 0 Å². The van der Waals surface area contributed by atoms with Crippen molar-refractivity contribution >= 4 is 6.08 Å². The molecule has 0 spiro atoms. The van der Waals surface area contributed by atoms with Crippen molar-refractivity contribution < 1.29 is 4.74 Å². The van der Waals surface area contributed by atoms with E-state index in [1.165, 1.54) is 0 Å². The van der Waals surface area contributed by atoms with Gasteiger partial charge in [0.2, 0.25) is 0 Å². The lowest BCUT2D eigenvalue weighted by molar-refractivity contribution is 0.360. The number of hydrogen-bond acceptors (Lipinski definition) is 2. The van der Waals surface area contributed by atoms with Crippen molar-refractivity contribution in [2.75, 3.05) is 6.61 Å². The maximum atomic E-state index is 5.69. The predicted octanol–water partition coefficient (Wildman–Crippen LogP) is 3.15. The van der Waals surface area contributed by atoms with Crippen LogP contribution in [0.3, 0.4) is 0 Å². The summed E-state index contributed by atoms with van der Waals surface area (Å²) >= 11 is 0. The van der Waals surface area contributed by atoms with Crippen LogP contribution < -0.4 is 4.74 Å². The summed E-state index contributed by atoms with van der Waals surface area (Å²) < 4.78 is 5.69. The molecule has 2 aromatic rings. The van der Waals surface area contributed by atoms with Crippen molar-refractivity contribution in [2.45, 2.75) is 0 Å². The van der Waals surface area contributed by atoms with Gasteiger partial charge in [-0.1, -0.05) is 30.3 Å². The average Bonchev–Trinajstić information content (AvgIpc) is 2.39. The summed E-state index contributed by atoms with van der Waals surface area (Å²) in [4.78, 5) is 4.14. The second-order valence-electron chi connectivity index (χ2n) is 3.68. The first kappa shape index (κ1) is 9.16. The summed E-state index contributed by atoms with van der Waals surface area (Å²) in [5, 5.41) is 0. The van der Waals surface area contributed by atoms with Crippen LogP contribution in [0.4, 0.5) is 0 Å². The molecule has 0 N–H and O–H groups in total. The minimum absolute atomic E-state index is 0.643. The van der Waals surface area contributed by atoms with Crippen LogP contribution in [0.1, 0.15) is 5.56 Å². The molecule has 78 valence electrons. The second-order valence-corrected chi connectivity index (χ2v) is 3.68. The normalized spacial score (nSPS) is 13.0. The Balaban J connectivity index is 2.19. The molecule has 1 aromatic carbocycles. The lowest BCUT2D eigenvalue weighted by atomic mass is 10.0. The third-order valence-electron chi connectivity index (χ3n) is 2.64. The number of para-hydroxylation sites is 1. The van der Waals surface area contributed by atoms with Crippen molar-refractivity contribution in [1.29, 1.82) is 0 Å². The summed E-state index contributed by atoms with van der Waals surface area (Å²) in [5.74, 6) is 0.956. The standard InChI is InChI=1S/C14H11NO/c1-4-11-6-3-9-16-14(11)13(7-1)12-5-2-8-15-10-12/h1-8,10H,9H2. The molecule has 2 heterocycles. The smallest absolute Gasteiger partial charge is 0.134 e. The summed E-state index contributed by atoms with van der Waals surface area (Å²) in [7, 11) is 0. The molecule has 0 amide bonds. The quantitative estimate of drug-likeness (QED) is 0.719. The van der Waals surface area contributed by atoms with E-state index in [0.29, 0.717) is 6.61 Å². The van der Waals surface area contributed by atoms with Gasteiger partial charge in [0.15, 0.2) is 0 Å². The predicted molar refractivity (Wildman–Crippen MR) is 64.2 cm³/mol. The number of rotatable bonds is 1. The number of hydrogen-bond donors (Lipinski definition) is 0. The Hall–Kier alpha value is -2.09. The van der Waals surface area contributed by atoms with E-state index in [1.54, 1.807) is 6.20 Å². The molecular weight excluding hydrogens is 198 g/mol. The van der Waals surface area contributed by atoms with Gasteiger partial charge in [0, 0.05) is 29.1 Å². The molecule has 0 fully saturated rings. The number of aromatic nitrogens is 1. The zero-order chi connectivity index (χ0) is 10.8. The highest BCUT2D eigenvalue weighted by Crippen LogP contribution is 2.35. The maximum absolute atomic E-state index is 5.69. The molecule has 0 atom stereocenters. The van der Waals surface area contributed by atoms with Gasteiger partial charge in [-0.3, -0.25) is 4.98 Å². The molecule has 0 saturated carbocycles. The highest BCUT2D eigenvalue weighted by molar-refractivity contribution is 5.76. The molecule has 1 aromatic heterocycles. The summed E-state index contributed by atoms with van der Waals surface area (Å²) in [6.07, 6.45) is 7.75. The SMILES string of the molecule is C1=Cc2cccc(-c3cccnc3)c2OC1. The Morgan fingerprint density at radius 3 is 3.00 bits per heavy atom. The van der Waals surface area contributed by atoms with Crippen molar-refractivity contribution in [3.8, 4) is 16.9 Å². The molecule has 2 nitrogen and oxygen atoms in total. The van der Waals surface area contributed by atoms with Crippen molar-refractivity contribution in [1.82, 2.24) is 4.98 Å². The highest BCUT2D eigenvalue weighted by Gasteiger charge is 2.11. The van der Waals surface area contributed by atoms with Crippen LogP contribution in [0.25, 0.3) is 17.2 Å². The molecule has 0 saturated heterocycles. The number of pyridine rings is 1. The van der Waals surface area contributed by atoms with Gasteiger partial charge in [0.05, 0.1) is 0 Å². The molecular formula is C14H11NO. The van der Waals surface area contributed by atoms with Gasteiger partial charge in [0.1, 0.15) is 12.4 Å². The molecule has 0 bridgehead atoms. The van der Waals surface area contributed by atoms with Crippen molar-refractivity contribution in [3.05, 3.63) is 54.4 Å². The van der Waals surface area contributed by atoms with Gasteiger partial charge < -0.3 is 4.74 Å². The van der Waals surface area contributed by atoms with E-state index in [4.69, 9.17) is 4.74 Å². The fourth-order valence-electron chi connectivity index (χ4n) is 1.90. The molecule has 0 radical (unpaired) electrons. The van der Waals surface area contributed by atoms with Gasteiger partial charge in [-0.05, 0) is 12.1 Å². The first-order chi connectivity index (χ1) is 7.95. The number of fused-ring (bicyclic) bond motifs is 1. The molecule has 1 aliphatic heterocycles. The van der Waals surface area contributed by atoms with Gasteiger partial charge in [-0.2, -0.15) is 0 Å². The van der Waals surface area contributed by atoms with E-state index in [-0.39, 0.29) is 0 Å². The Morgan fingerprint density at radius 2 is 2.12 bits per heavy atom. The molecule has 2 heteroatoms. The van der Waals surface area contributed by atoms with Crippen molar-refractivity contribution in [2.24, 2.45) is 0 Å². The van der Waals surface area contributed by atoms with Gasteiger partial charge in [0.25, 0.3) is 0 Å². The van der Waals surface area contributed by atoms with Crippen molar-refractivity contribution in [3.63, 3.8) is 0 Å². The van der Waals surface area contributed by atoms with E-state index in [9.17, 15) is 0 Å². The summed E-state index contributed by atoms with van der Waals surface area (Å²) in [6, 6.07) is 10.2. The highest BCUT2D eigenvalue weighted by atomic mass is 16.5. The lowest BCUT2D eigenvalue weighted by Gasteiger charge is -2.16. The van der Waals surface area contributed by atoms with E-state index in [1.807, 2.05) is 30.5 Å². The molecule has 16 heavy (non-hydrogen) atoms. The Morgan fingerprint density at radius 1 is 1.12 bits per heavy atom. The minimum Gasteiger partial charge on any atom is -0.488 e. The van der Waals surface area contributed by atoms with E-state index in [0.717, 1.165) is 22.4 Å². The van der Waals surface area contributed by atoms with Gasteiger partial charge in [-0.25, -0.2) is 0 Å². The molecule has 0 aliphatic carbocycles. The first-order valence-electron chi connectivity index (χ1n) is 5.28. The summed E-state index contributed by atoms with van der Waals surface area (Å²) in [5.41, 5.74) is 3.33. The average molecular weight is 209 g/mol. The second kappa shape index (κ2) is 3.81. The lowest BCUT2D eigenvalue weighted by Crippen LogP contribution is -2.01. The van der Waals surface area contributed by atoms with E-state index < -0.39 is 0 Å². The molecule has 1 aliphatic rings. The number of ether oxygens (including phenoxy) is 1. The van der Waals surface area contributed by atoms with Crippen LogP contribution in [0.15, 0.2) is 48.8 Å². The first-order valence-corrected chi connectivity index (χ1v) is 5.28. The van der Waals surface area contributed by atoms with Crippen LogP contribution in [0.2, 0.25) is 0 Å². The Kier molecular flexibility index (Phi) is 2.18. The van der Waals surface area contributed by atoms with Gasteiger partial charge >= 0.3 is 0 Å². The minimum atomic E-state index is 0.643. The maximum Gasteiger partial charge on any atom is 0.134 e. The fraction of sp³-hybridized carbons (Fsp3) is 0.0714. The van der Waals surface area contributed by atoms with Crippen LogP contribution in [0.5, 0.6) is 5.75 Å². The Labute approximate surface area is 94.2 Å². The largest absolute Gasteiger partial charge is 0.488 e. The third kappa shape index (κ3) is 1.48. The number of nitrogens with zero attached hydrogens (tertiary/aromatic N) is 1. The van der Waals surface area contributed by atoms with Gasteiger partial charge in [-0.15, -0.1) is 0 Å². The molecule has 3 rings (SSSR count). The third-order valence-corrected chi connectivity index (χ3v) is 2.64. The van der Waals surface area contributed by atoms with E-state index >= 15 is 0 Å². The monoisotopic (exact) mass is 209 g/mol. The topological polar surface area (TPSA) is 22.1 Å². The Bertz CT molecular complexity index is 532. The van der Waals surface area contributed by atoms with E-state index in [2.05, 4.69) is 23.2 Å². The fourth-order valence-corrected chi connectivity index (χ4v) is 1.90.